The van der Waals surface area contributed by atoms with Gasteiger partial charge >= 0.3 is 5.97 Å². The van der Waals surface area contributed by atoms with Crippen LogP contribution in [0.2, 0.25) is 0 Å². The largest absolute Gasteiger partial charge is 0.495 e. The number of nitrogens with one attached hydrogen (secondary N) is 1. The lowest BCUT2D eigenvalue weighted by Crippen LogP contribution is -2.37. The second-order valence-corrected chi connectivity index (χ2v) is 4.76. The molecular weight excluding hydrogens is 346 g/mol. The van der Waals surface area contributed by atoms with Gasteiger partial charge < -0.3 is 24.6 Å². The zero-order chi connectivity index (χ0) is 16.0. The molecule has 0 aromatic heterocycles. The fraction of sp³-hybridized carbons (Fsp3) is 0.385. The number of aliphatic carboxylic acids is 1. The zero-order valence-corrected chi connectivity index (χ0v) is 13.4. The van der Waals surface area contributed by atoms with E-state index >= 15 is 0 Å². The van der Waals surface area contributed by atoms with Gasteiger partial charge in [-0.15, -0.1) is 0 Å². The van der Waals surface area contributed by atoms with Crippen molar-refractivity contribution in [3.63, 3.8) is 0 Å². The minimum absolute atomic E-state index is 0.147. The number of ether oxygens (including phenoxy) is 3. The Morgan fingerprint density at radius 2 is 1.76 bits per heavy atom. The minimum atomic E-state index is -1.15. The highest BCUT2D eigenvalue weighted by Crippen LogP contribution is 2.35. The standard InChI is InChI=1S/C13H16BrNO6/c1-19-8-4-7(5-9(20-2)11(8)14)12(16)15-6-10(21-3)13(17)18/h4-5,10H,6H2,1-3H3,(H,15,16)(H,17,18). The third-order valence-electron chi connectivity index (χ3n) is 2.72. The molecule has 1 aromatic carbocycles. The summed E-state index contributed by atoms with van der Waals surface area (Å²) in [5, 5.41) is 11.3. The average molecular weight is 362 g/mol. The van der Waals surface area contributed by atoms with Gasteiger partial charge in [-0.3, -0.25) is 4.79 Å². The van der Waals surface area contributed by atoms with Gasteiger partial charge in [0.15, 0.2) is 6.10 Å². The summed E-state index contributed by atoms with van der Waals surface area (Å²) < 4.78 is 15.6. The van der Waals surface area contributed by atoms with Gasteiger partial charge in [0.25, 0.3) is 5.91 Å². The molecule has 0 fully saturated rings. The van der Waals surface area contributed by atoms with Crippen molar-refractivity contribution in [1.29, 1.82) is 0 Å². The molecule has 21 heavy (non-hydrogen) atoms. The summed E-state index contributed by atoms with van der Waals surface area (Å²) in [5.41, 5.74) is 0.284. The highest BCUT2D eigenvalue weighted by molar-refractivity contribution is 9.10. The summed E-state index contributed by atoms with van der Waals surface area (Å²) >= 11 is 3.30. The molecule has 8 heteroatoms. The first kappa shape index (κ1) is 17.3. The topological polar surface area (TPSA) is 94.1 Å². The second-order valence-electron chi connectivity index (χ2n) is 3.97. The van der Waals surface area contributed by atoms with E-state index in [1.807, 2.05) is 0 Å². The molecule has 0 spiro atoms. The third kappa shape index (κ3) is 4.33. The Bertz CT molecular complexity index is 508. The van der Waals surface area contributed by atoms with Crippen molar-refractivity contribution in [3.05, 3.63) is 22.2 Å². The van der Waals surface area contributed by atoms with Gasteiger partial charge in [-0.1, -0.05) is 0 Å². The van der Waals surface area contributed by atoms with Gasteiger partial charge in [0, 0.05) is 12.7 Å². The van der Waals surface area contributed by atoms with Gasteiger partial charge in [0.2, 0.25) is 0 Å². The number of carbonyl (C=O) groups excluding carboxylic acids is 1. The third-order valence-corrected chi connectivity index (χ3v) is 3.50. The number of rotatable bonds is 7. The maximum Gasteiger partial charge on any atom is 0.334 e. The summed E-state index contributed by atoms with van der Waals surface area (Å²) in [5.74, 6) is -0.742. The molecule has 1 amide bonds. The Kier molecular flexibility index (Phi) is 6.44. The molecular formula is C13H16BrNO6. The number of carboxylic acid groups (broad SMARTS) is 1. The lowest BCUT2D eigenvalue weighted by Gasteiger charge is -2.14. The van der Waals surface area contributed by atoms with E-state index in [0.29, 0.717) is 16.0 Å². The Morgan fingerprint density at radius 3 is 2.14 bits per heavy atom. The van der Waals surface area contributed by atoms with Gasteiger partial charge in [0.1, 0.15) is 16.0 Å². The summed E-state index contributed by atoms with van der Waals surface area (Å²) in [6, 6.07) is 3.04. The van der Waals surface area contributed by atoms with Crippen molar-refractivity contribution in [2.45, 2.75) is 6.10 Å². The lowest BCUT2D eigenvalue weighted by atomic mass is 10.2. The smallest absolute Gasteiger partial charge is 0.334 e. The van der Waals surface area contributed by atoms with E-state index in [-0.39, 0.29) is 12.1 Å². The van der Waals surface area contributed by atoms with Crippen LogP contribution in [0.5, 0.6) is 11.5 Å². The van der Waals surface area contributed by atoms with Crippen LogP contribution >= 0.6 is 15.9 Å². The number of hydrogen-bond acceptors (Lipinski definition) is 5. The van der Waals surface area contributed by atoms with Crippen LogP contribution in [0.25, 0.3) is 0 Å². The van der Waals surface area contributed by atoms with Crippen LogP contribution in [-0.4, -0.2) is 51.0 Å². The molecule has 0 aliphatic carbocycles. The van der Waals surface area contributed by atoms with Crippen LogP contribution in [0, 0.1) is 0 Å². The highest BCUT2D eigenvalue weighted by Gasteiger charge is 2.19. The Morgan fingerprint density at radius 1 is 1.24 bits per heavy atom. The summed E-state index contributed by atoms with van der Waals surface area (Å²) in [4.78, 5) is 22.9. The van der Waals surface area contributed by atoms with E-state index in [1.54, 1.807) is 0 Å². The van der Waals surface area contributed by atoms with E-state index in [9.17, 15) is 9.59 Å². The molecule has 1 aromatic rings. The predicted octanol–water partition coefficient (Wildman–Crippen LogP) is 1.30. The molecule has 0 saturated carbocycles. The van der Waals surface area contributed by atoms with Crippen LogP contribution in [0.15, 0.2) is 16.6 Å². The number of halogens is 1. The summed E-state index contributed by atoms with van der Waals surface area (Å²) in [6.07, 6.45) is -1.10. The van der Waals surface area contributed by atoms with Crippen molar-refractivity contribution < 1.29 is 28.9 Å². The number of benzene rings is 1. The molecule has 7 nitrogen and oxygen atoms in total. The molecule has 0 bridgehead atoms. The molecule has 2 N–H and O–H groups in total. The lowest BCUT2D eigenvalue weighted by molar-refractivity contribution is -0.148. The van der Waals surface area contributed by atoms with E-state index in [4.69, 9.17) is 19.3 Å². The van der Waals surface area contributed by atoms with E-state index < -0.39 is 18.0 Å². The molecule has 116 valence electrons. The highest BCUT2D eigenvalue weighted by atomic mass is 79.9. The first-order valence-corrected chi connectivity index (χ1v) is 6.69. The van der Waals surface area contributed by atoms with Crippen LogP contribution in [0.3, 0.4) is 0 Å². The molecule has 0 aliphatic rings. The minimum Gasteiger partial charge on any atom is -0.495 e. The van der Waals surface area contributed by atoms with E-state index in [0.717, 1.165) is 0 Å². The van der Waals surface area contributed by atoms with Crippen molar-refractivity contribution in [1.82, 2.24) is 5.32 Å². The van der Waals surface area contributed by atoms with Crippen molar-refractivity contribution in [2.24, 2.45) is 0 Å². The van der Waals surface area contributed by atoms with Gasteiger partial charge in [0.05, 0.1) is 20.8 Å². The van der Waals surface area contributed by atoms with Gasteiger partial charge in [-0.25, -0.2) is 4.79 Å². The van der Waals surface area contributed by atoms with Crippen molar-refractivity contribution >= 4 is 27.8 Å². The number of carbonyl (C=O) groups is 2. The molecule has 0 heterocycles. The Balaban J connectivity index is 2.90. The maximum absolute atomic E-state index is 12.0. The fourth-order valence-electron chi connectivity index (χ4n) is 1.56. The quantitative estimate of drug-likeness (QED) is 0.759. The maximum atomic E-state index is 12.0. The Hall–Kier alpha value is -1.80. The van der Waals surface area contributed by atoms with E-state index in [1.165, 1.54) is 33.5 Å². The van der Waals surface area contributed by atoms with Gasteiger partial charge in [-0.05, 0) is 28.1 Å². The SMILES string of the molecule is COc1cc(C(=O)NCC(OC)C(=O)O)cc(OC)c1Br. The van der Waals surface area contributed by atoms with Crippen LogP contribution in [0.4, 0.5) is 0 Å². The number of methoxy groups -OCH3 is 3. The van der Waals surface area contributed by atoms with E-state index in [2.05, 4.69) is 21.2 Å². The molecule has 1 unspecified atom stereocenters. The molecule has 0 saturated heterocycles. The van der Waals surface area contributed by atoms with Gasteiger partial charge in [-0.2, -0.15) is 0 Å². The molecule has 1 rings (SSSR count). The number of amides is 1. The second kappa shape index (κ2) is 7.84. The van der Waals surface area contributed by atoms with Crippen molar-refractivity contribution in [2.75, 3.05) is 27.9 Å². The normalized spacial score (nSPS) is 11.6. The van der Waals surface area contributed by atoms with Crippen LogP contribution in [0.1, 0.15) is 10.4 Å². The first-order chi connectivity index (χ1) is 9.94. The average Bonchev–Trinajstić information content (AvgIpc) is 2.47. The monoisotopic (exact) mass is 361 g/mol. The predicted molar refractivity (Wildman–Crippen MR) is 78.0 cm³/mol. The van der Waals surface area contributed by atoms with Crippen LogP contribution < -0.4 is 14.8 Å². The number of carboxylic acids is 1. The zero-order valence-electron chi connectivity index (χ0n) is 11.8. The number of hydrogen-bond donors (Lipinski definition) is 2. The molecule has 0 aliphatic heterocycles. The Labute approximate surface area is 130 Å². The van der Waals surface area contributed by atoms with Crippen molar-refractivity contribution in [3.8, 4) is 11.5 Å². The van der Waals surface area contributed by atoms with Crippen LogP contribution in [-0.2, 0) is 9.53 Å². The summed E-state index contributed by atoms with van der Waals surface area (Å²) in [7, 11) is 4.19. The molecule has 0 radical (unpaired) electrons. The molecule has 1 atom stereocenters. The first-order valence-electron chi connectivity index (χ1n) is 5.89. The fourth-order valence-corrected chi connectivity index (χ4v) is 2.11. The summed E-state index contributed by atoms with van der Waals surface area (Å²) in [6.45, 7) is -0.147.